The molecular formula is C47H48Cl2N14O6. The fourth-order valence-electron chi connectivity index (χ4n) is 7.63. The van der Waals surface area contributed by atoms with Crippen LogP contribution in [0.3, 0.4) is 0 Å². The number of benzene rings is 2. The van der Waals surface area contributed by atoms with Gasteiger partial charge in [0.2, 0.25) is 23.6 Å². The number of nitrogens with zero attached hydrogens (tertiary/aromatic N) is 8. The molecule has 1 atom stereocenters. The molecule has 1 aliphatic rings. The minimum Gasteiger partial charge on any atom is -0.468 e. The molecule has 8 rings (SSSR count). The number of halogens is 2. The molecule has 5 aromatic heterocycles. The normalized spacial score (nSPS) is 13.8. The zero-order valence-electron chi connectivity index (χ0n) is 37.4. The lowest BCUT2D eigenvalue weighted by atomic mass is 10.0. The van der Waals surface area contributed by atoms with Crippen molar-refractivity contribution in [3.05, 3.63) is 124 Å². The predicted molar refractivity (Wildman–Crippen MR) is 259 cm³/mol. The van der Waals surface area contributed by atoms with Crippen molar-refractivity contribution in [3.8, 4) is 22.7 Å². The maximum absolute atomic E-state index is 13.3. The average Bonchev–Trinajstić information content (AvgIpc) is 4.06. The highest BCUT2D eigenvalue weighted by atomic mass is 35.5. The van der Waals surface area contributed by atoms with Gasteiger partial charge in [-0.15, -0.1) is 5.10 Å². The van der Waals surface area contributed by atoms with Crippen LogP contribution in [0.2, 0.25) is 10.0 Å². The molecule has 6 heterocycles. The van der Waals surface area contributed by atoms with Crippen LogP contribution in [-0.4, -0.2) is 102 Å². The third kappa shape index (κ3) is 12.0. The van der Waals surface area contributed by atoms with Gasteiger partial charge in [-0.25, -0.2) is 0 Å². The van der Waals surface area contributed by atoms with Gasteiger partial charge < -0.3 is 41.5 Å². The molecule has 1 saturated heterocycles. The molecule has 3 amide bonds. The zero-order chi connectivity index (χ0) is 48.3. The van der Waals surface area contributed by atoms with Crippen LogP contribution in [0.4, 0.5) is 23.3 Å². The average molecular weight is 976 g/mol. The Labute approximate surface area is 405 Å². The Morgan fingerprint density at radius 1 is 0.812 bits per heavy atom. The third-order valence-corrected chi connectivity index (χ3v) is 12.0. The number of carbonyl (C=O) groups excluding carboxylic acids is 4. The molecule has 1 aliphatic heterocycles. The Hall–Kier alpha value is -7.52. The van der Waals surface area contributed by atoms with Crippen LogP contribution < -0.4 is 32.3 Å². The van der Waals surface area contributed by atoms with E-state index in [0.717, 1.165) is 36.9 Å². The van der Waals surface area contributed by atoms with E-state index in [1.807, 2.05) is 6.07 Å². The van der Waals surface area contributed by atoms with E-state index in [9.17, 15) is 19.2 Å². The Balaban J connectivity index is 0.763. The molecule has 7 N–H and O–H groups in total. The Bertz CT molecular complexity index is 2930. The topological polar surface area (TPSA) is 262 Å². The molecule has 0 saturated carbocycles. The molecule has 20 nitrogen and oxygen atoms in total. The van der Waals surface area contributed by atoms with Crippen molar-refractivity contribution in [2.24, 2.45) is 0 Å². The molecular weight excluding hydrogens is 928 g/mol. The Morgan fingerprint density at radius 3 is 2.14 bits per heavy atom. The first-order valence-corrected chi connectivity index (χ1v) is 22.9. The number of rotatable bonds is 19. The minimum absolute atomic E-state index is 0.100. The van der Waals surface area contributed by atoms with E-state index in [2.05, 4.69) is 61.5 Å². The van der Waals surface area contributed by atoms with Gasteiger partial charge in [0.05, 0.1) is 34.8 Å². The van der Waals surface area contributed by atoms with Gasteiger partial charge in [0, 0.05) is 62.7 Å². The molecule has 7 aromatic rings. The van der Waals surface area contributed by atoms with Gasteiger partial charge in [0.15, 0.2) is 5.76 Å². The second kappa shape index (κ2) is 22.5. The van der Waals surface area contributed by atoms with Crippen LogP contribution in [0.5, 0.6) is 0 Å². The van der Waals surface area contributed by atoms with Crippen molar-refractivity contribution in [1.29, 1.82) is 0 Å². The number of esters is 1. The molecule has 0 bridgehead atoms. The van der Waals surface area contributed by atoms with Crippen molar-refractivity contribution in [2.45, 2.75) is 51.2 Å². The first-order valence-electron chi connectivity index (χ1n) is 22.1. The summed E-state index contributed by atoms with van der Waals surface area (Å²) in [5, 5.41) is 19.7. The molecule has 69 heavy (non-hydrogen) atoms. The van der Waals surface area contributed by atoms with E-state index < -0.39 is 11.8 Å². The zero-order valence-corrected chi connectivity index (χ0v) is 38.9. The summed E-state index contributed by atoms with van der Waals surface area (Å²) in [5.74, 6) is 0.188. The van der Waals surface area contributed by atoms with E-state index in [-0.39, 0.29) is 57.0 Å². The van der Waals surface area contributed by atoms with Gasteiger partial charge in [-0.2, -0.15) is 19.5 Å². The van der Waals surface area contributed by atoms with Gasteiger partial charge in [0.25, 0.3) is 17.6 Å². The maximum Gasteiger partial charge on any atom is 0.323 e. The van der Waals surface area contributed by atoms with Gasteiger partial charge in [0.1, 0.15) is 17.4 Å². The monoisotopic (exact) mass is 974 g/mol. The number of pyridine rings is 2. The summed E-state index contributed by atoms with van der Waals surface area (Å²) >= 11 is 13.7. The van der Waals surface area contributed by atoms with Crippen LogP contribution in [-0.2, 0) is 27.4 Å². The van der Waals surface area contributed by atoms with Gasteiger partial charge in [-0.05, 0) is 73.3 Å². The van der Waals surface area contributed by atoms with Gasteiger partial charge in [-0.3, -0.25) is 34.0 Å². The Morgan fingerprint density at radius 2 is 1.51 bits per heavy atom. The first kappa shape index (κ1) is 48.0. The second-order valence-electron chi connectivity index (χ2n) is 15.9. The fraction of sp³-hybridized carbons (Fsp3) is 0.277. The molecule has 0 radical (unpaired) electrons. The van der Waals surface area contributed by atoms with E-state index in [4.69, 9.17) is 38.1 Å². The molecule has 2 aromatic carbocycles. The van der Waals surface area contributed by atoms with Gasteiger partial charge >= 0.3 is 5.97 Å². The number of carbonyl (C=O) groups is 4. The lowest BCUT2D eigenvalue weighted by Gasteiger charge is -2.33. The van der Waals surface area contributed by atoms with Crippen molar-refractivity contribution < 1.29 is 28.3 Å². The highest BCUT2D eigenvalue weighted by Gasteiger charge is 2.29. The highest BCUT2D eigenvalue weighted by molar-refractivity contribution is 6.40. The molecule has 0 spiro atoms. The van der Waals surface area contributed by atoms with E-state index >= 15 is 0 Å². The lowest BCUT2D eigenvalue weighted by Crippen LogP contribution is -2.44. The Kier molecular flexibility index (Phi) is 15.6. The maximum atomic E-state index is 13.3. The first-order chi connectivity index (χ1) is 33.5. The van der Waals surface area contributed by atoms with Crippen molar-refractivity contribution in [2.75, 3.05) is 55.0 Å². The number of nitrogen functional groups attached to an aromatic ring is 1. The van der Waals surface area contributed by atoms with Crippen LogP contribution in [0.25, 0.3) is 28.5 Å². The number of fused-ring (bicyclic) bond motifs is 1. The summed E-state index contributed by atoms with van der Waals surface area (Å²) in [5.41, 5.74) is 9.85. The number of piperidine rings is 1. The smallest absolute Gasteiger partial charge is 0.323 e. The number of likely N-dealkylation sites (tertiary alicyclic amines) is 1. The number of nitrogens with two attached hydrogens (primary N) is 1. The van der Waals surface area contributed by atoms with Crippen LogP contribution in [0.15, 0.2) is 95.9 Å². The summed E-state index contributed by atoms with van der Waals surface area (Å²) in [6.07, 6.45) is 8.27. The number of hydrogen-bond acceptors (Lipinski definition) is 16. The predicted octanol–water partition coefficient (Wildman–Crippen LogP) is 6.26. The van der Waals surface area contributed by atoms with E-state index in [0.29, 0.717) is 79.7 Å². The van der Waals surface area contributed by atoms with Crippen LogP contribution >= 0.6 is 23.2 Å². The van der Waals surface area contributed by atoms with Crippen LogP contribution in [0.1, 0.15) is 64.2 Å². The summed E-state index contributed by atoms with van der Waals surface area (Å²) in [6.45, 7) is 3.11. The number of aromatic nitrogens is 7. The molecule has 356 valence electrons. The number of ether oxygens (including phenoxy) is 1. The number of furan rings is 1. The van der Waals surface area contributed by atoms with Crippen molar-refractivity contribution in [3.63, 3.8) is 0 Å². The number of anilines is 4. The number of nitrogens with one attached hydrogen (secondary N) is 5. The lowest BCUT2D eigenvalue weighted by molar-refractivity contribution is -0.148. The van der Waals surface area contributed by atoms with E-state index in [1.54, 1.807) is 79.1 Å². The van der Waals surface area contributed by atoms with E-state index in [1.165, 1.54) is 17.9 Å². The molecule has 1 fully saturated rings. The summed E-state index contributed by atoms with van der Waals surface area (Å²) < 4.78 is 11.7. The quantitative estimate of drug-likeness (QED) is 0.0386. The number of methoxy groups -OCH3 is 1. The molecule has 0 aliphatic carbocycles. The number of amides is 3. The molecule has 22 heteroatoms. The highest BCUT2D eigenvalue weighted by Crippen LogP contribution is 2.40. The van der Waals surface area contributed by atoms with Crippen LogP contribution in [0, 0.1) is 0 Å². The SMILES string of the molecule is COC(=O)[C@@H]1CCCCN1Cc1ccc(C(=O)Nc2cccc(-c3cccc(NC(=O)c4ccc(CNCCNC(=O)CCCNc5nc(N)n6nc(-c7ccco7)nc6n5)cn4)c3Cl)c2Cl)nc1. The fourth-order valence-corrected chi connectivity index (χ4v) is 8.18. The summed E-state index contributed by atoms with van der Waals surface area (Å²) in [6, 6.07) is 20.3. The summed E-state index contributed by atoms with van der Waals surface area (Å²) in [4.78, 5) is 75.0. The molecule has 0 unspecified atom stereocenters. The van der Waals surface area contributed by atoms with Crippen molar-refractivity contribution >= 4 is 75.9 Å². The largest absolute Gasteiger partial charge is 0.468 e. The third-order valence-electron chi connectivity index (χ3n) is 11.2. The summed E-state index contributed by atoms with van der Waals surface area (Å²) in [7, 11) is 1.40. The number of hydrogen-bond donors (Lipinski definition) is 6. The van der Waals surface area contributed by atoms with Crippen molar-refractivity contribution in [1.82, 2.24) is 50.1 Å². The second-order valence-corrected chi connectivity index (χ2v) is 16.7. The van der Waals surface area contributed by atoms with Gasteiger partial charge in [-0.1, -0.05) is 66.0 Å². The standard InChI is InChI=1S/C47H48Cl2N14O6/c1-68-44(67)36-12-2-3-22-62(36)27-29-16-18-35(55-26-29)43(66)57-33-11-5-9-31(40(33)49)30-8-4-10-32(39(30)48)56-42(65)34-17-15-28(25-54-34)24-51-20-21-52-38(64)14-6-19-53-46-59-45(50)63-47(60-46)58-41(61-63)37-13-7-23-69-37/h4-5,7-11,13,15-18,23,25-26,36,51H,2-3,6,12,14,19-22,24,27H2,1H3,(H,52,64)(H,56,65)(H,57,66)(H3,50,53,58,59,60,61)/t36-/m0/s1. The minimum atomic E-state index is -0.468.